The molecule has 23 heavy (non-hydrogen) atoms. The van der Waals surface area contributed by atoms with Crippen LogP contribution in [0.5, 0.6) is 5.75 Å². The highest BCUT2D eigenvalue weighted by Gasteiger charge is 2.28. The molecule has 2 rings (SSSR count). The van der Waals surface area contributed by atoms with E-state index in [1.807, 2.05) is 30.3 Å². The third-order valence-electron chi connectivity index (χ3n) is 4.26. The van der Waals surface area contributed by atoms with Crippen molar-refractivity contribution in [3.05, 3.63) is 30.3 Å². The van der Waals surface area contributed by atoms with Gasteiger partial charge in [0, 0.05) is 12.6 Å². The zero-order valence-electron chi connectivity index (χ0n) is 13.7. The zero-order chi connectivity index (χ0) is 15.8. The van der Waals surface area contributed by atoms with Crippen LogP contribution in [0.15, 0.2) is 30.3 Å². The lowest BCUT2D eigenvalue weighted by atomic mass is 9.91. The fraction of sp³-hybridized carbons (Fsp3) is 0.588. The zero-order valence-corrected chi connectivity index (χ0v) is 14.6. The predicted octanol–water partition coefficient (Wildman–Crippen LogP) is 1.66. The van der Waals surface area contributed by atoms with Crippen LogP contribution in [0.25, 0.3) is 0 Å². The molecular weight excluding hydrogens is 314 g/mol. The minimum absolute atomic E-state index is 0. The van der Waals surface area contributed by atoms with E-state index in [0.717, 1.165) is 18.7 Å². The molecule has 1 aliphatic rings. The highest BCUT2D eigenvalue weighted by atomic mass is 35.5. The molecule has 2 unspecified atom stereocenters. The van der Waals surface area contributed by atoms with E-state index in [2.05, 4.69) is 17.1 Å². The maximum atomic E-state index is 12.0. The van der Waals surface area contributed by atoms with Crippen molar-refractivity contribution in [1.29, 1.82) is 0 Å². The maximum absolute atomic E-state index is 12.0. The number of carbonyl (C=O) groups excluding carboxylic acids is 1. The second-order valence-electron chi connectivity index (χ2n) is 5.90. The molecule has 5 nitrogen and oxygen atoms in total. The van der Waals surface area contributed by atoms with Gasteiger partial charge >= 0.3 is 0 Å². The van der Waals surface area contributed by atoms with Crippen molar-refractivity contribution in [2.75, 3.05) is 32.8 Å². The third-order valence-corrected chi connectivity index (χ3v) is 4.26. The molecule has 1 aromatic carbocycles. The summed E-state index contributed by atoms with van der Waals surface area (Å²) in [5.41, 5.74) is 5.85. The first-order valence-corrected chi connectivity index (χ1v) is 8.09. The summed E-state index contributed by atoms with van der Waals surface area (Å²) in [5.74, 6) is 1.43. The fourth-order valence-electron chi connectivity index (χ4n) is 3.03. The molecule has 1 aliphatic heterocycles. The Kier molecular flexibility index (Phi) is 8.99. The van der Waals surface area contributed by atoms with Crippen molar-refractivity contribution < 1.29 is 9.53 Å². The van der Waals surface area contributed by atoms with Crippen molar-refractivity contribution in [3.63, 3.8) is 0 Å². The average molecular weight is 342 g/mol. The summed E-state index contributed by atoms with van der Waals surface area (Å²) in [6, 6.07) is 9.94. The van der Waals surface area contributed by atoms with Crippen LogP contribution in [0, 0.1) is 5.92 Å². The van der Waals surface area contributed by atoms with Crippen molar-refractivity contribution in [3.8, 4) is 5.75 Å². The van der Waals surface area contributed by atoms with Gasteiger partial charge in [0.25, 0.3) is 0 Å². The van der Waals surface area contributed by atoms with Crippen LogP contribution in [-0.2, 0) is 4.79 Å². The number of hydrogen-bond acceptors (Lipinski definition) is 4. The van der Waals surface area contributed by atoms with Gasteiger partial charge in [0.2, 0.25) is 5.91 Å². The molecule has 0 aromatic heterocycles. The topological polar surface area (TPSA) is 67.6 Å². The molecule has 0 bridgehead atoms. The molecule has 2 atom stereocenters. The monoisotopic (exact) mass is 341 g/mol. The van der Waals surface area contributed by atoms with Gasteiger partial charge in [-0.05, 0) is 37.4 Å². The minimum Gasteiger partial charge on any atom is -0.492 e. The number of ether oxygens (including phenoxy) is 1. The Morgan fingerprint density at radius 1 is 1.39 bits per heavy atom. The molecule has 1 heterocycles. The first kappa shape index (κ1) is 19.7. The maximum Gasteiger partial charge on any atom is 0.234 e. The van der Waals surface area contributed by atoms with E-state index in [0.29, 0.717) is 38.2 Å². The lowest BCUT2D eigenvalue weighted by Gasteiger charge is -2.38. The van der Waals surface area contributed by atoms with Gasteiger partial charge in [-0.1, -0.05) is 25.1 Å². The third kappa shape index (κ3) is 6.37. The lowest BCUT2D eigenvalue weighted by Crippen LogP contribution is -2.52. The number of nitrogens with two attached hydrogens (primary N) is 1. The molecule has 6 heteroatoms. The minimum atomic E-state index is 0. The van der Waals surface area contributed by atoms with Gasteiger partial charge in [-0.3, -0.25) is 9.69 Å². The second-order valence-corrected chi connectivity index (χ2v) is 5.90. The Morgan fingerprint density at radius 3 is 2.83 bits per heavy atom. The molecule has 0 aliphatic carbocycles. The van der Waals surface area contributed by atoms with E-state index in [1.54, 1.807) is 0 Å². The summed E-state index contributed by atoms with van der Waals surface area (Å²) in [6.07, 6.45) is 2.34. The molecule has 1 saturated heterocycles. The summed E-state index contributed by atoms with van der Waals surface area (Å²) in [7, 11) is 0. The number of benzene rings is 1. The SMILES string of the molecule is CC1CCCN(CC(=O)NCCOc2ccccc2)C1CN.Cl. The van der Waals surface area contributed by atoms with Crippen LogP contribution in [-0.4, -0.2) is 49.6 Å². The van der Waals surface area contributed by atoms with E-state index >= 15 is 0 Å². The van der Waals surface area contributed by atoms with Crippen molar-refractivity contribution in [1.82, 2.24) is 10.2 Å². The molecule has 1 amide bonds. The van der Waals surface area contributed by atoms with Crippen LogP contribution in [0.3, 0.4) is 0 Å². The molecule has 0 spiro atoms. The van der Waals surface area contributed by atoms with Gasteiger partial charge in [0.15, 0.2) is 0 Å². The second kappa shape index (κ2) is 10.5. The average Bonchev–Trinajstić information content (AvgIpc) is 2.53. The van der Waals surface area contributed by atoms with Gasteiger partial charge in [-0.2, -0.15) is 0 Å². The van der Waals surface area contributed by atoms with E-state index in [4.69, 9.17) is 10.5 Å². The Morgan fingerprint density at radius 2 is 2.13 bits per heavy atom. The molecule has 3 N–H and O–H groups in total. The number of likely N-dealkylation sites (tertiary alicyclic amines) is 1. The summed E-state index contributed by atoms with van der Waals surface area (Å²) in [5, 5.41) is 2.91. The number of halogens is 1. The lowest BCUT2D eigenvalue weighted by molar-refractivity contribution is -0.123. The Bertz CT molecular complexity index is 458. The van der Waals surface area contributed by atoms with Gasteiger partial charge < -0.3 is 15.8 Å². The number of piperidine rings is 1. The Balaban J connectivity index is 0.00000264. The van der Waals surface area contributed by atoms with E-state index < -0.39 is 0 Å². The van der Waals surface area contributed by atoms with Crippen molar-refractivity contribution in [2.45, 2.75) is 25.8 Å². The number of hydrogen-bond donors (Lipinski definition) is 2. The standard InChI is InChI=1S/C17H27N3O2.ClH/c1-14-6-5-10-20(16(14)12-18)13-17(21)19-9-11-22-15-7-3-2-4-8-15;/h2-4,7-8,14,16H,5-6,9-13,18H2,1H3,(H,19,21);1H. The number of nitrogens with one attached hydrogen (secondary N) is 1. The highest BCUT2D eigenvalue weighted by Crippen LogP contribution is 2.21. The Labute approximate surface area is 145 Å². The fourth-order valence-corrected chi connectivity index (χ4v) is 3.03. The van der Waals surface area contributed by atoms with E-state index in [9.17, 15) is 4.79 Å². The summed E-state index contributed by atoms with van der Waals surface area (Å²) in [4.78, 5) is 14.3. The Hall–Kier alpha value is -1.30. The highest BCUT2D eigenvalue weighted by molar-refractivity contribution is 5.85. The van der Waals surface area contributed by atoms with Crippen LogP contribution in [0.2, 0.25) is 0 Å². The van der Waals surface area contributed by atoms with Crippen LogP contribution < -0.4 is 15.8 Å². The smallest absolute Gasteiger partial charge is 0.234 e. The van der Waals surface area contributed by atoms with Gasteiger partial charge in [-0.25, -0.2) is 0 Å². The van der Waals surface area contributed by atoms with Crippen LogP contribution in [0.1, 0.15) is 19.8 Å². The van der Waals surface area contributed by atoms with E-state index in [1.165, 1.54) is 6.42 Å². The first-order valence-electron chi connectivity index (χ1n) is 8.09. The number of para-hydroxylation sites is 1. The molecule has 0 saturated carbocycles. The number of carbonyl (C=O) groups is 1. The first-order chi connectivity index (χ1) is 10.7. The number of nitrogens with zero attached hydrogens (tertiary/aromatic N) is 1. The van der Waals surface area contributed by atoms with Crippen LogP contribution in [0.4, 0.5) is 0 Å². The molecule has 1 aromatic rings. The van der Waals surface area contributed by atoms with Crippen molar-refractivity contribution in [2.24, 2.45) is 11.7 Å². The van der Waals surface area contributed by atoms with Gasteiger partial charge in [0.1, 0.15) is 12.4 Å². The number of amides is 1. The van der Waals surface area contributed by atoms with Crippen LogP contribution >= 0.6 is 12.4 Å². The molecule has 0 radical (unpaired) electrons. The van der Waals surface area contributed by atoms with Crippen molar-refractivity contribution >= 4 is 18.3 Å². The van der Waals surface area contributed by atoms with E-state index in [-0.39, 0.29) is 18.3 Å². The molecule has 1 fully saturated rings. The molecule has 130 valence electrons. The summed E-state index contributed by atoms with van der Waals surface area (Å²) < 4.78 is 5.56. The largest absolute Gasteiger partial charge is 0.492 e. The summed E-state index contributed by atoms with van der Waals surface area (Å²) >= 11 is 0. The van der Waals surface area contributed by atoms with Gasteiger partial charge in [-0.15, -0.1) is 12.4 Å². The van der Waals surface area contributed by atoms with Gasteiger partial charge in [0.05, 0.1) is 13.1 Å². The number of rotatable bonds is 7. The quantitative estimate of drug-likeness (QED) is 0.740. The summed E-state index contributed by atoms with van der Waals surface area (Å²) in [6.45, 7) is 5.22. The molecular formula is C17H28ClN3O2. The normalized spacial score (nSPS) is 21.3. The predicted molar refractivity (Wildman–Crippen MR) is 95.0 cm³/mol.